The summed E-state index contributed by atoms with van der Waals surface area (Å²) in [6.07, 6.45) is 4.03. The lowest BCUT2D eigenvalue weighted by atomic mass is 10.3. The number of hydrogen-bond acceptors (Lipinski definition) is 3. The molecule has 0 aliphatic rings. The molecule has 0 aliphatic heterocycles. The zero-order valence-corrected chi connectivity index (χ0v) is 10.9. The van der Waals surface area contributed by atoms with Gasteiger partial charge in [0.05, 0.1) is 0 Å². The Labute approximate surface area is 111 Å². The molecule has 0 fully saturated rings. The minimum absolute atomic E-state index is 0.468. The second-order valence-electron chi connectivity index (χ2n) is 4.36. The molecule has 0 saturated carbocycles. The highest BCUT2D eigenvalue weighted by atomic mass is 16.2. The van der Waals surface area contributed by atoms with E-state index in [4.69, 9.17) is 0 Å². The first-order valence-electron chi connectivity index (χ1n) is 6.23. The molecule has 1 N–H and O–H groups in total. The number of anilines is 1. The predicted octanol–water partition coefficient (Wildman–Crippen LogP) is 1.05. The van der Waals surface area contributed by atoms with Gasteiger partial charge >= 0.3 is 11.1 Å². The van der Waals surface area contributed by atoms with E-state index in [1.54, 1.807) is 19.4 Å². The van der Waals surface area contributed by atoms with E-state index in [1.807, 2.05) is 30.3 Å². The fourth-order valence-corrected chi connectivity index (χ4v) is 1.80. The van der Waals surface area contributed by atoms with E-state index in [0.717, 1.165) is 18.7 Å². The summed E-state index contributed by atoms with van der Waals surface area (Å²) >= 11 is 0. The van der Waals surface area contributed by atoms with Crippen molar-refractivity contribution in [2.24, 2.45) is 7.05 Å². The molecular formula is C14H17N3O2. The molecule has 100 valence electrons. The predicted molar refractivity (Wildman–Crippen MR) is 75.5 cm³/mol. The molecule has 0 bridgehead atoms. The van der Waals surface area contributed by atoms with Crippen molar-refractivity contribution < 1.29 is 0 Å². The van der Waals surface area contributed by atoms with Gasteiger partial charge in [-0.3, -0.25) is 9.59 Å². The van der Waals surface area contributed by atoms with E-state index >= 15 is 0 Å². The van der Waals surface area contributed by atoms with E-state index in [2.05, 4.69) is 5.32 Å². The number of rotatable bonds is 5. The number of aryl methyl sites for hydroxylation is 2. The van der Waals surface area contributed by atoms with Crippen molar-refractivity contribution in [1.82, 2.24) is 9.13 Å². The molecule has 2 aromatic rings. The maximum atomic E-state index is 11.7. The Bertz CT molecular complexity index is 644. The monoisotopic (exact) mass is 259 g/mol. The SMILES string of the molecule is Cn1ccn(CCCNc2ccccc2)c(=O)c1=O. The van der Waals surface area contributed by atoms with E-state index in [0.29, 0.717) is 6.54 Å². The summed E-state index contributed by atoms with van der Waals surface area (Å²) in [7, 11) is 1.57. The number of nitrogens with one attached hydrogen (secondary N) is 1. The highest BCUT2D eigenvalue weighted by molar-refractivity contribution is 5.42. The molecule has 1 heterocycles. The average Bonchev–Trinajstić information content (AvgIpc) is 2.44. The fraction of sp³-hybridized carbons (Fsp3) is 0.286. The first-order valence-corrected chi connectivity index (χ1v) is 6.23. The third-order valence-corrected chi connectivity index (χ3v) is 2.91. The van der Waals surface area contributed by atoms with Crippen LogP contribution >= 0.6 is 0 Å². The van der Waals surface area contributed by atoms with Crippen LogP contribution in [0.3, 0.4) is 0 Å². The number of hydrogen-bond donors (Lipinski definition) is 1. The lowest BCUT2D eigenvalue weighted by Gasteiger charge is -2.08. The molecule has 5 heteroatoms. The molecule has 0 amide bonds. The Balaban J connectivity index is 1.89. The number of benzene rings is 1. The molecule has 0 radical (unpaired) electrons. The van der Waals surface area contributed by atoms with Gasteiger partial charge in [0.15, 0.2) is 0 Å². The van der Waals surface area contributed by atoms with Crippen LogP contribution in [0.5, 0.6) is 0 Å². The largest absolute Gasteiger partial charge is 0.385 e. The Morgan fingerprint density at radius 3 is 2.53 bits per heavy atom. The van der Waals surface area contributed by atoms with E-state index in [-0.39, 0.29) is 0 Å². The fourth-order valence-electron chi connectivity index (χ4n) is 1.80. The van der Waals surface area contributed by atoms with Crippen molar-refractivity contribution >= 4 is 5.69 Å². The van der Waals surface area contributed by atoms with E-state index in [9.17, 15) is 9.59 Å². The normalized spacial score (nSPS) is 10.4. The summed E-state index contributed by atoms with van der Waals surface area (Å²) in [6, 6.07) is 9.88. The minimum Gasteiger partial charge on any atom is -0.385 e. The van der Waals surface area contributed by atoms with Gasteiger partial charge in [0.2, 0.25) is 0 Å². The van der Waals surface area contributed by atoms with Gasteiger partial charge in [0.1, 0.15) is 0 Å². The molecule has 5 nitrogen and oxygen atoms in total. The van der Waals surface area contributed by atoms with Gasteiger partial charge in [-0.2, -0.15) is 0 Å². The van der Waals surface area contributed by atoms with Crippen molar-refractivity contribution in [3.8, 4) is 0 Å². The molecule has 0 unspecified atom stereocenters. The van der Waals surface area contributed by atoms with Crippen LogP contribution in [0.2, 0.25) is 0 Å². The van der Waals surface area contributed by atoms with Crippen molar-refractivity contribution in [1.29, 1.82) is 0 Å². The second-order valence-corrected chi connectivity index (χ2v) is 4.36. The molecule has 0 saturated heterocycles. The number of para-hydroxylation sites is 1. The highest BCUT2D eigenvalue weighted by Gasteiger charge is 2.01. The maximum absolute atomic E-state index is 11.7. The van der Waals surface area contributed by atoms with Crippen LogP contribution in [0.25, 0.3) is 0 Å². The van der Waals surface area contributed by atoms with E-state index < -0.39 is 11.1 Å². The lowest BCUT2D eigenvalue weighted by molar-refractivity contribution is 0.613. The summed E-state index contributed by atoms with van der Waals surface area (Å²) in [5.41, 5.74) is 0.0991. The van der Waals surface area contributed by atoms with Gasteiger partial charge in [0.25, 0.3) is 0 Å². The molecule has 0 spiro atoms. The smallest absolute Gasteiger partial charge is 0.316 e. The third-order valence-electron chi connectivity index (χ3n) is 2.91. The maximum Gasteiger partial charge on any atom is 0.316 e. The molecule has 1 aromatic carbocycles. The minimum atomic E-state index is -0.487. The van der Waals surface area contributed by atoms with Gasteiger partial charge in [-0.05, 0) is 18.6 Å². The van der Waals surface area contributed by atoms with Gasteiger partial charge in [-0.25, -0.2) is 0 Å². The van der Waals surface area contributed by atoms with Crippen LogP contribution in [0.4, 0.5) is 5.69 Å². The van der Waals surface area contributed by atoms with Crippen molar-refractivity contribution in [3.63, 3.8) is 0 Å². The Morgan fingerprint density at radius 1 is 1.05 bits per heavy atom. The van der Waals surface area contributed by atoms with Gasteiger partial charge in [0, 0.05) is 38.2 Å². The first-order chi connectivity index (χ1) is 9.18. The van der Waals surface area contributed by atoms with Gasteiger partial charge < -0.3 is 14.5 Å². The summed E-state index contributed by atoms with van der Waals surface area (Å²) in [4.78, 5) is 23.1. The molecule has 2 rings (SSSR count). The van der Waals surface area contributed by atoms with Crippen LogP contribution in [-0.4, -0.2) is 15.7 Å². The lowest BCUT2D eigenvalue weighted by Crippen LogP contribution is -2.39. The highest BCUT2D eigenvalue weighted by Crippen LogP contribution is 2.04. The quantitative estimate of drug-likeness (QED) is 0.645. The van der Waals surface area contributed by atoms with Crippen LogP contribution in [0, 0.1) is 0 Å². The standard InChI is InChI=1S/C14H17N3O2/c1-16-10-11-17(14(19)13(16)18)9-5-8-15-12-6-3-2-4-7-12/h2-4,6-7,10-11,15H,5,8-9H2,1H3. The molecule has 19 heavy (non-hydrogen) atoms. The van der Waals surface area contributed by atoms with Crippen LogP contribution < -0.4 is 16.4 Å². The molecule has 1 aromatic heterocycles. The zero-order chi connectivity index (χ0) is 13.7. The summed E-state index contributed by atoms with van der Waals surface area (Å²) in [5, 5.41) is 3.26. The summed E-state index contributed by atoms with van der Waals surface area (Å²) in [5.74, 6) is 0. The van der Waals surface area contributed by atoms with Crippen molar-refractivity contribution in [2.75, 3.05) is 11.9 Å². The second kappa shape index (κ2) is 6.04. The van der Waals surface area contributed by atoms with Gasteiger partial charge in [-0.1, -0.05) is 18.2 Å². The number of aromatic nitrogens is 2. The first kappa shape index (κ1) is 13.1. The average molecular weight is 259 g/mol. The molecular weight excluding hydrogens is 242 g/mol. The topological polar surface area (TPSA) is 56.0 Å². The van der Waals surface area contributed by atoms with Crippen molar-refractivity contribution in [3.05, 3.63) is 63.4 Å². The third kappa shape index (κ3) is 3.34. The Kier molecular flexibility index (Phi) is 4.18. The van der Waals surface area contributed by atoms with Gasteiger partial charge in [-0.15, -0.1) is 0 Å². The Hall–Kier alpha value is -2.30. The summed E-state index contributed by atoms with van der Waals surface area (Å²) in [6.45, 7) is 1.29. The molecule has 0 aliphatic carbocycles. The number of nitrogens with zero attached hydrogens (tertiary/aromatic N) is 2. The Morgan fingerprint density at radius 2 is 1.79 bits per heavy atom. The zero-order valence-electron chi connectivity index (χ0n) is 10.9. The molecule has 0 atom stereocenters. The van der Waals surface area contributed by atoms with Crippen LogP contribution in [0.1, 0.15) is 6.42 Å². The van der Waals surface area contributed by atoms with Crippen LogP contribution in [-0.2, 0) is 13.6 Å². The van der Waals surface area contributed by atoms with Crippen molar-refractivity contribution in [2.45, 2.75) is 13.0 Å². The van der Waals surface area contributed by atoms with E-state index in [1.165, 1.54) is 9.13 Å². The van der Waals surface area contributed by atoms with Crippen LogP contribution in [0.15, 0.2) is 52.3 Å². The summed E-state index contributed by atoms with van der Waals surface area (Å²) < 4.78 is 2.75.